The Balaban J connectivity index is 1.93. The Morgan fingerprint density at radius 2 is 2.00 bits per heavy atom. The predicted molar refractivity (Wildman–Crippen MR) is 71.2 cm³/mol. The Morgan fingerprint density at radius 1 is 1.22 bits per heavy atom. The lowest BCUT2D eigenvalue weighted by atomic mass is 9.72. The average Bonchev–Trinajstić information content (AvgIpc) is 2.33. The van der Waals surface area contributed by atoms with Gasteiger partial charge in [0.1, 0.15) is 5.82 Å². The van der Waals surface area contributed by atoms with Gasteiger partial charge in [0.25, 0.3) is 0 Å². The van der Waals surface area contributed by atoms with E-state index < -0.39 is 0 Å². The molecule has 0 saturated carbocycles. The summed E-state index contributed by atoms with van der Waals surface area (Å²) in [5, 5.41) is 0.535. The molecule has 2 aromatic carbocycles. The molecule has 0 saturated heterocycles. The SMILES string of the molecule is NC(c1cc(F)ccc1Cl)C1Cc2ccccc21. The molecule has 0 spiro atoms. The maximum absolute atomic E-state index is 13.3. The van der Waals surface area contributed by atoms with E-state index in [1.807, 2.05) is 12.1 Å². The van der Waals surface area contributed by atoms with Crippen molar-refractivity contribution in [2.75, 3.05) is 0 Å². The summed E-state index contributed by atoms with van der Waals surface area (Å²) in [5.41, 5.74) is 9.50. The normalized spacial score (nSPS) is 18.9. The lowest BCUT2D eigenvalue weighted by Gasteiger charge is -2.35. The zero-order chi connectivity index (χ0) is 12.7. The van der Waals surface area contributed by atoms with Crippen LogP contribution < -0.4 is 5.73 Å². The summed E-state index contributed by atoms with van der Waals surface area (Å²) in [7, 11) is 0. The van der Waals surface area contributed by atoms with Crippen molar-refractivity contribution in [3.8, 4) is 0 Å². The van der Waals surface area contributed by atoms with Crippen molar-refractivity contribution in [2.24, 2.45) is 5.73 Å². The molecule has 3 heteroatoms. The van der Waals surface area contributed by atoms with E-state index in [2.05, 4.69) is 12.1 Å². The van der Waals surface area contributed by atoms with Crippen LogP contribution >= 0.6 is 11.6 Å². The smallest absolute Gasteiger partial charge is 0.123 e. The monoisotopic (exact) mass is 261 g/mol. The van der Waals surface area contributed by atoms with E-state index in [0.717, 1.165) is 6.42 Å². The molecule has 3 rings (SSSR count). The molecule has 2 aromatic rings. The van der Waals surface area contributed by atoms with Crippen molar-refractivity contribution in [3.05, 3.63) is 70.0 Å². The molecule has 92 valence electrons. The minimum absolute atomic E-state index is 0.237. The number of benzene rings is 2. The second-order valence-corrected chi connectivity index (χ2v) is 5.11. The second kappa shape index (κ2) is 4.38. The van der Waals surface area contributed by atoms with E-state index in [1.165, 1.54) is 23.3 Å². The van der Waals surface area contributed by atoms with Gasteiger partial charge >= 0.3 is 0 Å². The van der Waals surface area contributed by atoms with E-state index in [9.17, 15) is 4.39 Å². The highest BCUT2D eigenvalue weighted by atomic mass is 35.5. The van der Waals surface area contributed by atoms with E-state index in [1.54, 1.807) is 6.07 Å². The van der Waals surface area contributed by atoms with Crippen LogP contribution in [-0.4, -0.2) is 0 Å². The Labute approximate surface area is 110 Å². The van der Waals surface area contributed by atoms with Gasteiger partial charge in [0.15, 0.2) is 0 Å². The minimum atomic E-state index is -0.294. The van der Waals surface area contributed by atoms with Gasteiger partial charge in [-0.1, -0.05) is 35.9 Å². The highest BCUT2D eigenvalue weighted by Gasteiger charge is 2.32. The molecule has 2 N–H and O–H groups in total. The minimum Gasteiger partial charge on any atom is -0.323 e. The molecule has 0 aliphatic heterocycles. The van der Waals surface area contributed by atoms with Gasteiger partial charge in [0.2, 0.25) is 0 Å². The number of halogens is 2. The Morgan fingerprint density at radius 3 is 2.78 bits per heavy atom. The molecular weight excluding hydrogens is 249 g/mol. The number of fused-ring (bicyclic) bond motifs is 1. The van der Waals surface area contributed by atoms with Crippen LogP contribution in [0.25, 0.3) is 0 Å². The van der Waals surface area contributed by atoms with Crippen molar-refractivity contribution in [1.82, 2.24) is 0 Å². The third-order valence-corrected chi connectivity index (χ3v) is 3.99. The molecule has 0 fully saturated rings. The number of hydrogen-bond donors (Lipinski definition) is 1. The van der Waals surface area contributed by atoms with E-state index in [4.69, 9.17) is 17.3 Å². The van der Waals surface area contributed by atoms with Crippen LogP contribution in [0.3, 0.4) is 0 Å². The lowest BCUT2D eigenvalue weighted by Crippen LogP contribution is -2.29. The summed E-state index contributed by atoms with van der Waals surface area (Å²) in [6.45, 7) is 0. The molecule has 1 aliphatic rings. The summed E-state index contributed by atoms with van der Waals surface area (Å²) in [6, 6.07) is 12.3. The first-order valence-electron chi connectivity index (χ1n) is 5.95. The largest absolute Gasteiger partial charge is 0.323 e. The molecule has 2 unspecified atom stereocenters. The predicted octanol–water partition coefficient (Wildman–Crippen LogP) is 3.82. The third-order valence-electron chi connectivity index (χ3n) is 3.65. The van der Waals surface area contributed by atoms with E-state index in [-0.39, 0.29) is 17.8 Å². The van der Waals surface area contributed by atoms with Crippen LogP contribution in [0.15, 0.2) is 42.5 Å². The molecule has 1 nitrogen and oxygen atoms in total. The first kappa shape index (κ1) is 11.7. The van der Waals surface area contributed by atoms with Gasteiger partial charge < -0.3 is 5.73 Å². The average molecular weight is 262 g/mol. The molecule has 1 aliphatic carbocycles. The molecular formula is C15H13ClFN. The summed E-state index contributed by atoms with van der Waals surface area (Å²) in [5.74, 6) is -0.0574. The maximum Gasteiger partial charge on any atom is 0.123 e. The topological polar surface area (TPSA) is 26.0 Å². The first-order valence-corrected chi connectivity index (χ1v) is 6.33. The van der Waals surface area contributed by atoms with Crippen LogP contribution in [0.5, 0.6) is 0 Å². The molecule has 0 heterocycles. The van der Waals surface area contributed by atoms with E-state index in [0.29, 0.717) is 10.6 Å². The summed E-state index contributed by atoms with van der Waals surface area (Å²) in [6.07, 6.45) is 0.935. The summed E-state index contributed by atoms with van der Waals surface area (Å²) in [4.78, 5) is 0. The molecule has 0 radical (unpaired) electrons. The molecule has 0 amide bonds. The second-order valence-electron chi connectivity index (χ2n) is 4.70. The van der Waals surface area contributed by atoms with Gasteiger partial charge in [-0.15, -0.1) is 0 Å². The lowest BCUT2D eigenvalue weighted by molar-refractivity contribution is 0.497. The number of nitrogens with two attached hydrogens (primary N) is 1. The molecule has 18 heavy (non-hydrogen) atoms. The quantitative estimate of drug-likeness (QED) is 0.874. The van der Waals surface area contributed by atoms with Gasteiger partial charge in [-0.3, -0.25) is 0 Å². The van der Waals surface area contributed by atoms with Crippen LogP contribution in [0.4, 0.5) is 4.39 Å². The summed E-state index contributed by atoms with van der Waals surface area (Å²) >= 11 is 6.10. The van der Waals surface area contributed by atoms with Crippen LogP contribution in [0, 0.1) is 5.82 Å². The van der Waals surface area contributed by atoms with Crippen LogP contribution in [0.1, 0.15) is 28.7 Å². The number of rotatable bonds is 2. The zero-order valence-electron chi connectivity index (χ0n) is 9.74. The van der Waals surface area contributed by atoms with Crippen molar-refractivity contribution < 1.29 is 4.39 Å². The van der Waals surface area contributed by atoms with E-state index >= 15 is 0 Å². The third kappa shape index (κ3) is 1.82. The zero-order valence-corrected chi connectivity index (χ0v) is 10.5. The maximum atomic E-state index is 13.3. The molecule has 0 bridgehead atoms. The van der Waals surface area contributed by atoms with Gasteiger partial charge in [0, 0.05) is 17.0 Å². The first-order chi connectivity index (χ1) is 8.66. The summed E-state index contributed by atoms with van der Waals surface area (Å²) < 4.78 is 13.3. The van der Waals surface area contributed by atoms with Gasteiger partial charge in [-0.25, -0.2) is 4.39 Å². The van der Waals surface area contributed by atoms with Crippen LogP contribution in [0.2, 0.25) is 5.02 Å². The highest BCUT2D eigenvalue weighted by Crippen LogP contribution is 2.43. The highest BCUT2D eigenvalue weighted by molar-refractivity contribution is 6.31. The van der Waals surface area contributed by atoms with Crippen molar-refractivity contribution >= 4 is 11.6 Å². The Bertz CT molecular complexity index is 597. The fourth-order valence-electron chi connectivity index (χ4n) is 2.60. The fourth-order valence-corrected chi connectivity index (χ4v) is 2.85. The number of hydrogen-bond acceptors (Lipinski definition) is 1. The molecule has 0 aromatic heterocycles. The fraction of sp³-hybridized carbons (Fsp3) is 0.200. The van der Waals surface area contributed by atoms with Gasteiger partial charge in [-0.2, -0.15) is 0 Å². The standard InChI is InChI=1S/C15H13ClFN/c16-14-6-5-10(17)8-13(14)15(18)12-7-9-3-1-2-4-11(9)12/h1-6,8,12,15H,7,18H2. The Kier molecular flexibility index (Phi) is 2.84. The van der Waals surface area contributed by atoms with Gasteiger partial charge in [-0.05, 0) is 41.3 Å². The van der Waals surface area contributed by atoms with Gasteiger partial charge in [0.05, 0.1) is 0 Å². The van der Waals surface area contributed by atoms with Crippen molar-refractivity contribution in [3.63, 3.8) is 0 Å². The van der Waals surface area contributed by atoms with Crippen molar-refractivity contribution in [2.45, 2.75) is 18.4 Å². The van der Waals surface area contributed by atoms with Crippen molar-refractivity contribution in [1.29, 1.82) is 0 Å². The molecule has 2 atom stereocenters. The van der Waals surface area contributed by atoms with Crippen LogP contribution in [-0.2, 0) is 6.42 Å². The Hall–Kier alpha value is -1.38.